The van der Waals surface area contributed by atoms with Gasteiger partial charge in [0.2, 0.25) is 0 Å². The number of aromatic nitrogens is 1. The van der Waals surface area contributed by atoms with E-state index in [0.29, 0.717) is 38.5 Å². The summed E-state index contributed by atoms with van der Waals surface area (Å²) in [6, 6.07) is 18.1. The Kier molecular flexibility index (Phi) is 6.69. The summed E-state index contributed by atoms with van der Waals surface area (Å²) >= 11 is 5.97. The standard InChI is InChI=1S/C26H23ClN2O5S/c1-16-24(25(30)28-15-17-4-11-21(12-5-17)35(3,32)33)22-14-20(34-2)10-13-23(22)29(16)26(31)18-6-8-19(27)9-7-18/h4-14H,15H2,1-3H3,(H,28,30). The predicted octanol–water partition coefficient (Wildman–Crippen LogP) is 4.63. The van der Waals surface area contributed by atoms with E-state index in [9.17, 15) is 18.0 Å². The van der Waals surface area contributed by atoms with Crippen LogP contribution in [0.1, 0.15) is 32.0 Å². The van der Waals surface area contributed by atoms with E-state index in [1.165, 1.54) is 23.8 Å². The molecule has 1 N–H and O–H groups in total. The largest absolute Gasteiger partial charge is 0.497 e. The lowest BCUT2D eigenvalue weighted by Gasteiger charge is -2.09. The van der Waals surface area contributed by atoms with Crippen LogP contribution in [0.2, 0.25) is 5.02 Å². The Labute approximate surface area is 208 Å². The molecule has 0 aliphatic carbocycles. The summed E-state index contributed by atoms with van der Waals surface area (Å²) in [7, 11) is -1.77. The number of rotatable bonds is 6. The van der Waals surface area contributed by atoms with Gasteiger partial charge in [-0.05, 0) is 67.1 Å². The molecule has 0 fully saturated rings. The van der Waals surface area contributed by atoms with Crippen molar-refractivity contribution in [2.45, 2.75) is 18.4 Å². The number of halogens is 1. The minimum Gasteiger partial charge on any atom is -0.497 e. The summed E-state index contributed by atoms with van der Waals surface area (Å²) < 4.78 is 30.2. The Hall–Kier alpha value is -3.62. The molecule has 1 aromatic heterocycles. The normalized spacial score (nSPS) is 11.4. The van der Waals surface area contributed by atoms with Gasteiger partial charge in [0.25, 0.3) is 11.8 Å². The molecule has 0 radical (unpaired) electrons. The van der Waals surface area contributed by atoms with E-state index < -0.39 is 9.84 Å². The molecule has 3 aromatic carbocycles. The third-order valence-corrected chi connectivity index (χ3v) is 7.12. The van der Waals surface area contributed by atoms with E-state index in [1.807, 2.05) is 0 Å². The molecule has 180 valence electrons. The zero-order chi connectivity index (χ0) is 25.3. The molecule has 0 spiro atoms. The third kappa shape index (κ3) is 4.94. The van der Waals surface area contributed by atoms with Crippen molar-refractivity contribution in [2.24, 2.45) is 0 Å². The summed E-state index contributed by atoms with van der Waals surface area (Å²) in [5.74, 6) is -0.0978. The van der Waals surface area contributed by atoms with Crippen molar-refractivity contribution in [2.75, 3.05) is 13.4 Å². The summed E-state index contributed by atoms with van der Waals surface area (Å²) in [6.07, 6.45) is 1.14. The number of carbonyl (C=O) groups excluding carboxylic acids is 2. The van der Waals surface area contributed by atoms with Gasteiger partial charge in [-0.3, -0.25) is 14.2 Å². The number of methoxy groups -OCH3 is 1. The zero-order valence-corrected chi connectivity index (χ0v) is 20.9. The summed E-state index contributed by atoms with van der Waals surface area (Å²) in [4.78, 5) is 26.9. The molecular formula is C26H23ClN2O5S. The molecule has 0 saturated heterocycles. The molecule has 9 heteroatoms. The van der Waals surface area contributed by atoms with E-state index in [0.717, 1.165) is 11.8 Å². The Bertz CT molecular complexity index is 1540. The molecule has 1 amide bonds. The number of hydrogen-bond donors (Lipinski definition) is 1. The first-order chi connectivity index (χ1) is 16.6. The average molecular weight is 511 g/mol. The molecule has 0 aliphatic heterocycles. The van der Waals surface area contributed by atoms with Gasteiger partial charge < -0.3 is 10.1 Å². The van der Waals surface area contributed by atoms with E-state index in [4.69, 9.17) is 16.3 Å². The second kappa shape index (κ2) is 9.56. The van der Waals surface area contributed by atoms with Gasteiger partial charge in [0.15, 0.2) is 9.84 Å². The fourth-order valence-electron chi connectivity index (χ4n) is 3.92. The first-order valence-corrected chi connectivity index (χ1v) is 12.9. The Balaban J connectivity index is 1.70. The first kappa shape index (κ1) is 24.5. The van der Waals surface area contributed by atoms with E-state index in [1.54, 1.807) is 61.5 Å². The quantitative estimate of drug-likeness (QED) is 0.408. The molecule has 0 aliphatic rings. The Morgan fingerprint density at radius 1 is 1.00 bits per heavy atom. The van der Waals surface area contributed by atoms with Gasteiger partial charge in [-0.2, -0.15) is 0 Å². The molecule has 35 heavy (non-hydrogen) atoms. The summed E-state index contributed by atoms with van der Waals surface area (Å²) in [5, 5.41) is 3.97. The van der Waals surface area contributed by atoms with Gasteiger partial charge in [0, 0.05) is 34.5 Å². The van der Waals surface area contributed by atoms with Crippen molar-refractivity contribution in [1.29, 1.82) is 0 Å². The first-order valence-electron chi connectivity index (χ1n) is 10.7. The molecule has 7 nitrogen and oxygen atoms in total. The van der Waals surface area contributed by atoms with Gasteiger partial charge in [0.05, 0.1) is 23.1 Å². The van der Waals surface area contributed by atoms with Gasteiger partial charge in [-0.15, -0.1) is 0 Å². The second-order valence-corrected chi connectivity index (χ2v) is 10.5. The highest BCUT2D eigenvalue weighted by atomic mass is 35.5. The van der Waals surface area contributed by atoms with Crippen molar-refractivity contribution >= 4 is 44.2 Å². The van der Waals surface area contributed by atoms with Gasteiger partial charge >= 0.3 is 0 Å². The lowest BCUT2D eigenvalue weighted by Crippen LogP contribution is -2.24. The number of carbonyl (C=O) groups is 2. The SMILES string of the molecule is COc1ccc2c(c1)c(C(=O)NCc1ccc(S(C)(=O)=O)cc1)c(C)n2C(=O)c1ccc(Cl)cc1. The van der Waals surface area contributed by atoms with Crippen LogP contribution < -0.4 is 10.1 Å². The average Bonchev–Trinajstić information content (AvgIpc) is 3.13. The lowest BCUT2D eigenvalue weighted by molar-refractivity contribution is 0.0951. The van der Waals surface area contributed by atoms with Crippen LogP contribution in [0.25, 0.3) is 10.9 Å². The van der Waals surface area contributed by atoms with Crippen molar-refractivity contribution in [3.8, 4) is 5.75 Å². The van der Waals surface area contributed by atoms with Crippen LogP contribution in [0.3, 0.4) is 0 Å². The highest BCUT2D eigenvalue weighted by Crippen LogP contribution is 2.30. The van der Waals surface area contributed by atoms with Crippen LogP contribution in [0, 0.1) is 6.92 Å². The number of benzene rings is 3. The Morgan fingerprint density at radius 3 is 2.26 bits per heavy atom. The van der Waals surface area contributed by atoms with Crippen LogP contribution in [-0.2, 0) is 16.4 Å². The van der Waals surface area contributed by atoms with Crippen LogP contribution in [0.5, 0.6) is 5.75 Å². The fourth-order valence-corrected chi connectivity index (χ4v) is 4.68. The van der Waals surface area contributed by atoms with Crippen molar-refractivity contribution in [3.63, 3.8) is 0 Å². The minimum atomic E-state index is -3.30. The molecule has 4 aromatic rings. The van der Waals surface area contributed by atoms with Crippen LogP contribution in [-0.4, -0.2) is 38.2 Å². The number of fused-ring (bicyclic) bond motifs is 1. The second-order valence-electron chi connectivity index (χ2n) is 8.09. The number of sulfone groups is 1. The molecule has 1 heterocycles. The monoisotopic (exact) mass is 510 g/mol. The molecular weight excluding hydrogens is 488 g/mol. The number of nitrogens with zero attached hydrogens (tertiary/aromatic N) is 1. The van der Waals surface area contributed by atoms with Crippen LogP contribution >= 0.6 is 11.6 Å². The predicted molar refractivity (Wildman–Crippen MR) is 135 cm³/mol. The Morgan fingerprint density at radius 2 is 1.66 bits per heavy atom. The molecule has 4 rings (SSSR count). The maximum atomic E-state index is 13.4. The summed E-state index contributed by atoms with van der Waals surface area (Å²) in [6.45, 7) is 1.90. The topological polar surface area (TPSA) is 94.5 Å². The van der Waals surface area contributed by atoms with E-state index >= 15 is 0 Å². The van der Waals surface area contributed by atoms with Gasteiger partial charge in [-0.25, -0.2) is 8.42 Å². The number of hydrogen-bond acceptors (Lipinski definition) is 5. The van der Waals surface area contributed by atoms with E-state index in [2.05, 4.69) is 5.32 Å². The number of ether oxygens (including phenoxy) is 1. The van der Waals surface area contributed by atoms with E-state index in [-0.39, 0.29) is 23.3 Å². The maximum Gasteiger partial charge on any atom is 0.262 e. The van der Waals surface area contributed by atoms with Crippen LogP contribution in [0.4, 0.5) is 0 Å². The number of amides is 1. The molecule has 0 saturated carbocycles. The maximum absolute atomic E-state index is 13.4. The highest BCUT2D eigenvalue weighted by molar-refractivity contribution is 7.90. The lowest BCUT2D eigenvalue weighted by atomic mass is 10.1. The van der Waals surface area contributed by atoms with Gasteiger partial charge in [0.1, 0.15) is 5.75 Å². The van der Waals surface area contributed by atoms with Crippen LogP contribution in [0.15, 0.2) is 71.6 Å². The molecule has 0 atom stereocenters. The zero-order valence-electron chi connectivity index (χ0n) is 19.3. The number of nitrogens with one attached hydrogen (secondary N) is 1. The summed E-state index contributed by atoms with van der Waals surface area (Å²) in [5.41, 5.74) is 2.59. The van der Waals surface area contributed by atoms with Crippen molar-refractivity contribution in [1.82, 2.24) is 9.88 Å². The highest BCUT2D eigenvalue weighted by Gasteiger charge is 2.24. The van der Waals surface area contributed by atoms with Crippen molar-refractivity contribution in [3.05, 3.63) is 94.1 Å². The smallest absolute Gasteiger partial charge is 0.262 e. The third-order valence-electron chi connectivity index (χ3n) is 5.74. The van der Waals surface area contributed by atoms with Gasteiger partial charge in [-0.1, -0.05) is 23.7 Å². The minimum absolute atomic E-state index is 0.185. The van der Waals surface area contributed by atoms with Crippen molar-refractivity contribution < 1.29 is 22.7 Å². The molecule has 0 unspecified atom stereocenters. The fraction of sp³-hybridized carbons (Fsp3) is 0.154. The molecule has 0 bridgehead atoms.